The van der Waals surface area contributed by atoms with Crippen molar-refractivity contribution >= 4 is 17.8 Å². The number of nitrogens with two attached hydrogens (primary N) is 1. The molecule has 0 atom stereocenters. The third kappa shape index (κ3) is 4.91. The van der Waals surface area contributed by atoms with Crippen molar-refractivity contribution in [1.29, 1.82) is 5.26 Å². The first-order valence-electron chi connectivity index (χ1n) is 11.8. The van der Waals surface area contributed by atoms with Gasteiger partial charge in [-0.3, -0.25) is 9.59 Å². The standard InChI is InChI=1S/C25H24FN7O5/c1-24(22(35)38-25(7-8-25)21(28)34)12-36-20(37-13-24)19-32-17(14-2-4-15(26)5-3-14)18(33-19)16-6-10-29-23(31-16)30-11-9-27/h2-6,10,20H,7-8,11-13H2,1H3,(H2,28,34)(H,32,33)(H,29,30,31). The number of aromatic amines is 1. The molecule has 0 radical (unpaired) electrons. The fourth-order valence-electron chi connectivity index (χ4n) is 3.90. The fourth-order valence-corrected chi connectivity index (χ4v) is 3.90. The van der Waals surface area contributed by atoms with Crippen LogP contribution in [-0.2, 0) is 23.8 Å². The summed E-state index contributed by atoms with van der Waals surface area (Å²) in [5.41, 5.74) is 5.00. The number of aromatic nitrogens is 4. The van der Waals surface area contributed by atoms with E-state index in [4.69, 9.17) is 25.2 Å². The zero-order chi connectivity index (χ0) is 26.9. The molecule has 0 spiro atoms. The molecule has 3 aromatic rings. The lowest BCUT2D eigenvalue weighted by Crippen LogP contribution is -2.47. The number of anilines is 1. The van der Waals surface area contributed by atoms with E-state index in [1.54, 1.807) is 25.1 Å². The Labute approximate surface area is 216 Å². The monoisotopic (exact) mass is 521 g/mol. The summed E-state index contributed by atoms with van der Waals surface area (Å²) in [6.07, 6.45) is 1.37. The van der Waals surface area contributed by atoms with Crippen LogP contribution in [0.2, 0.25) is 0 Å². The predicted molar refractivity (Wildman–Crippen MR) is 129 cm³/mol. The zero-order valence-electron chi connectivity index (χ0n) is 20.4. The molecule has 13 heteroatoms. The minimum atomic E-state index is -1.24. The van der Waals surface area contributed by atoms with Gasteiger partial charge in [-0.05, 0) is 37.3 Å². The number of amides is 1. The minimum Gasteiger partial charge on any atom is -0.448 e. The van der Waals surface area contributed by atoms with E-state index < -0.39 is 35.0 Å². The number of carbonyl (C=O) groups is 2. The van der Waals surface area contributed by atoms with Crippen LogP contribution in [0.1, 0.15) is 31.9 Å². The van der Waals surface area contributed by atoms with E-state index in [1.165, 1.54) is 18.3 Å². The Hall–Kier alpha value is -4.41. The number of rotatable bonds is 8. The van der Waals surface area contributed by atoms with Crippen molar-refractivity contribution in [2.24, 2.45) is 11.1 Å². The molecule has 0 bridgehead atoms. The molecule has 1 aromatic carbocycles. The number of nitrogens with one attached hydrogen (secondary N) is 2. The Morgan fingerprint density at radius 2 is 1.95 bits per heavy atom. The van der Waals surface area contributed by atoms with E-state index in [9.17, 15) is 14.0 Å². The number of esters is 1. The van der Waals surface area contributed by atoms with Gasteiger partial charge in [0, 0.05) is 24.6 Å². The number of halogens is 1. The summed E-state index contributed by atoms with van der Waals surface area (Å²) in [5, 5.41) is 11.6. The number of primary amides is 1. The second-order valence-electron chi connectivity index (χ2n) is 9.39. The van der Waals surface area contributed by atoms with Crippen LogP contribution in [0.15, 0.2) is 36.5 Å². The van der Waals surface area contributed by atoms with Gasteiger partial charge >= 0.3 is 5.97 Å². The molecule has 1 amide bonds. The fraction of sp³-hybridized carbons (Fsp3) is 0.360. The quantitative estimate of drug-likeness (QED) is 0.294. The van der Waals surface area contributed by atoms with Gasteiger partial charge in [0.2, 0.25) is 12.2 Å². The molecular formula is C25H24FN7O5. The maximum absolute atomic E-state index is 13.6. The van der Waals surface area contributed by atoms with Crippen molar-refractivity contribution in [1.82, 2.24) is 19.9 Å². The number of imidazole rings is 1. The molecule has 1 saturated carbocycles. The van der Waals surface area contributed by atoms with Crippen molar-refractivity contribution in [3.8, 4) is 28.7 Å². The number of nitriles is 1. The summed E-state index contributed by atoms with van der Waals surface area (Å²) in [6, 6.07) is 9.41. The summed E-state index contributed by atoms with van der Waals surface area (Å²) in [4.78, 5) is 40.8. The molecule has 5 rings (SSSR count). The topological polar surface area (TPSA) is 178 Å². The number of H-pyrrole nitrogens is 1. The largest absolute Gasteiger partial charge is 0.448 e. The molecule has 3 heterocycles. The van der Waals surface area contributed by atoms with Crippen LogP contribution in [0.3, 0.4) is 0 Å². The van der Waals surface area contributed by atoms with Crippen LogP contribution in [0.25, 0.3) is 22.6 Å². The molecule has 196 valence electrons. The van der Waals surface area contributed by atoms with E-state index in [0.29, 0.717) is 41.3 Å². The highest BCUT2D eigenvalue weighted by atomic mass is 19.1. The Bertz CT molecular complexity index is 1410. The smallest absolute Gasteiger partial charge is 0.317 e. The molecule has 1 aliphatic heterocycles. The molecule has 0 unspecified atom stereocenters. The number of hydrogen-bond donors (Lipinski definition) is 3. The Balaban J connectivity index is 1.40. The highest BCUT2D eigenvalue weighted by molar-refractivity contribution is 5.90. The molecule has 2 aromatic heterocycles. The summed E-state index contributed by atoms with van der Waals surface area (Å²) in [7, 11) is 0. The van der Waals surface area contributed by atoms with Crippen molar-refractivity contribution in [3.05, 3.63) is 48.2 Å². The first kappa shape index (κ1) is 25.2. The second-order valence-corrected chi connectivity index (χ2v) is 9.39. The van der Waals surface area contributed by atoms with Gasteiger partial charge in [-0.1, -0.05) is 0 Å². The third-order valence-corrected chi connectivity index (χ3v) is 6.34. The number of benzene rings is 1. The second kappa shape index (κ2) is 9.81. The van der Waals surface area contributed by atoms with Gasteiger partial charge in [0.05, 0.1) is 36.4 Å². The highest BCUT2D eigenvalue weighted by Gasteiger charge is 2.55. The normalized spacial score (nSPS) is 21.8. The van der Waals surface area contributed by atoms with E-state index in [2.05, 4.69) is 25.3 Å². The molecule has 1 saturated heterocycles. The summed E-state index contributed by atoms with van der Waals surface area (Å²) < 4.78 is 30.7. The van der Waals surface area contributed by atoms with E-state index >= 15 is 0 Å². The SMILES string of the molecule is CC1(C(=O)OC2(C(N)=O)CC2)COC(c2nc(-c3ccc(F)cc3)c(-c3ccnc(NCC#N)n3)[nH]2)OC1. The Kier molecular flexibility index (Phi) is 6.52. The average Bonchev–Trinajstić information content (AvgIpc) is 3.57. The summed E-state index contributed by atoms with van der Waals surface area (Å²) in [6.45, 7) is 1.54. The third-order valence-electron chi connectivity index (χ3n) is 6.34. The maximum atomic E-state index is 13.6. The predicted octanol–water partition coefficient (Wildman–Crippen LogP) is 2.22. The van der Waals surface area contributed by atoms with Crippen molar-refractivity contribution < 1.29 is 28.2 Å². The van der Waals surface area contributed by atoms with Crippen LogP contribution in [0.5, 0.6) is 0 Å². The van der Waals surface area contributed by atoms with E-state index in [1.807, 2.05) is 6.07 Å². The molecule has 2 aliphatic rings. The van der Waals surface area contributed by atoms with Gasteiger partial charge in [0.15, 0.2) is 11.4 Å². The number of carbonyl (C=O) groups excluding carboxylic acids is 2. The molecule has 12 nitrogen and oxygen atoms in total. The van der Waals surface area contributed by atoms with Gasteiger partial charge in [-0.2, -0.15) is 5.26 Å². The molecule has 1 aliphatic carbocycles. The van der Waals surface area contributed by atoms with Gasteiger partial charge in [-0.15, -0.1) is 0 Å². The first-order chi connectivity index (χ1) is 18.2. The van der Waals surface area contributed by atoms with Crippen LogP contribution in [-0.4, -0.2) is 57.2 Å². The minimum absolute atomic E-state index is 0.0218. The van der Waals surface area contributed by atoms with Gasteiger partial charge in [0.1, 0.15) is 17.8 Å². The molecule has 4 N–H and O–H groups in total. The molecular weight excluding hydrogens is 497 g/mol. The number of nitrogens with zero attached hydrogens (tertiary/aromatic N) is 4. The molecule has 38 heavy (non-hydrogen) atoms. The highest BCUT2D eigenvalue weighted by Crippen LogP contribution is 2.42. The van der Waals surface area contributed by atoms with Crippen molar-refractivity contribution in [2.45, 2.75) is 31.7 Å². The van der Waals surface area contributed by atoms with E-state index in [0.717, 1.165) is 0 Å². The van der Waals surface area contributed by atoms with Crippen molar-refractivity contribution in [2.75, 3.05) is 25.1 Å². The molecule has 2 fully saturated rings. The average molecular weight is 522 g/mol. The van der Waals surface area contributed by atoms with Crippen LogP contribution < -0.4 is 11.1 Å². The van der Waals surface area contributed by atoms with Crippen LogP contribution >= 0.6 is 0 Å². The lowest BCUT2D eigenvalue weighted by Gasteiger charge is -2.35. The maximum Gasteiger partial charge on any atom is 0.317 e. The Morgan fingerprint density at radius 3 is 2.58 bits per heavy atom. The summed E-state index contributed by atoms with van der Waals surface area (Å²) >= 11 is 0. The lowest BCUT2D eigenvalue weighted by molar-refractivity contribution is -0.240. The van der Waals surface area contributed by atoms with E-state index in [-0.39, 0.29) is 25.7 Å². The van der Waals surface area contributed by atoms with Gasteiger partial charge < -0.3 is 30.2 Å². The van der Waals surface area contributed by atoms with Gasteiger partial charge in [0.25, 0.3) is 5.91 Å². The summed E-state index contributed by atoms with van der Waals surface area (Å²) in [5.74, 6) is -1.15. The van der Waals surface area contributed by atoms with Crippen molar-refractivity contribution in [3.63, 3.8) is 0 Å². The lowest BCUT2D eigenvalue weighted by atomic mass is 9.92. The number of ether oxygens (including phenoxy) is 3. The van der Waals surface area contributed by atoms with Crippen LogP contribution in [0, 0.1) is 22.6 Å². The number of hydrogen-bond acceptors (Lipinski definition) is 10. The Morgan fingerprint density at radius 1 is 1.24 bits per heavy atom. The zero-order valence-corrected chi connectivity index (χ0v) is 20.4. The first-order valence-corrected chi connectivity index (χ1v) is 11.8. The van der Waals surface area contributed by atoms with Gasteiger partial charge in [-0.25, -0.2) is 19.3 Å². The van der Waals surface area contributed by atoms with Crippen LogP contribution in [0.4, 0.5) is 10.3 Å².